The van der Waals surface area contributed by atoms with Gasteiger partial charge in [0.05, 0.1) is 18.2 Å². The number of hydrogen-bond donors (Lipinski definition) is 2. The fourth-order valence-corrected chi connectivity index (χ4v) is 3.14. The van der Waals surface area contributed by atoms with Crippen LogP contribution in [0.15, 0.2) is 18.2 Å². The first kappa shape index (κ1) is 14.8. The molecule has 5 heteroatoms. The third-order valence-electron chi connectivity index (χ3n) is 4.26. The number of carbonyl (C=O) groups is 2. The third kappa shape index (κ3) is 2.31. The summed E-state index contributed by atoms with van der Waals surface area (Å²) in [6.45, 7) is 3.87. The van der Waals surface area contributed by atoms with E-state index in [4.69, 9.17) is 4.74 Å². The molecule has 0 radical (unpaired) electrons. The molecule has 0 spiro atoms. The highest BCUT2D eigenvalue weighted by atomic mass is 16.5. The topological polar surface area (TPSA) is 79.4 Å². The van der Waals surface area contributed by atoms with E-state index in [1.165, 1.54) is 0 Å². The van der Waals surface area contributed by atoms with Crippen LogP contribution in [0.25, 0.3) is 10.9 Å². The summed E-state index contributed by atoms with van der Waals surface area (Å²) in [5, 5.41) is 11.1. The summed E-state index contributed by atoms with van der Waals surface area (Å²) in [5.41, 5.74) is 3.54. The Bertz CT molecular complexity index is 746. The number of nitrogens with one attached hydrogen (secondary N) is 1. The van der Waals surface area contributed by atoms with Gasteiger partial charge in [0, 0.05) is 10.9 Å². The van der Waals surface area contributed by atoms with E-state index in [1.54, 1.807) is 6.92 Å². The van der Waals surface area contributed by atoms with Gasteiger partial charge in [-0.3, -0.25) is 4.79 Å². The Morgan fingerprint density at radius 2 is 2.27 bits per heavy atom. The number of H-pyrrole nitrogens is 1. The number of fused-ring (bicyclic) bond motifs is 3. The molecule has 1 aliphatic rings. The first-order valence-corrected chi connectivity index (χ1v) is 7.53. The minimum atomic E-state index is -1.39. The van der Waals surface area contributed by atoms with Gasteiger partial charge < -0.3 is 14.8 Å². The molecule has 116 valence electrons. The predicted molar refractivity (Wildman–Crippen MR) is 81.8 cm³/mol. The maximum atomic E-state index is 12.6. The van der Waals surface area contributed by atoms with Crippen molar-refractivity contribution in [2.45, 2.75) is 32.8 Å². The summed E-state index contributed by atoms with van der Waals surface area (Å²) < 4.78 is 4.82. The molecule has 0 saturated carbocycles. The molecular weight excluding hydrogens is 282 g/mol. The summed E-state index contributed by atoms with van der Waals surface area (Å²) in [7, 11) is 0. The van der Waals surface area contributed by atoms with Gasteiger partial charge in [-0.1, -0.05) is 11.6 Å². The van der Waals surface area contributed by atoms with Crippen molar-refractivity contribution in [2.24, 2.45) is 5.92 Å². The lowest BCUT2D eigenvalue weighted by Crippen LogP contribution is -2.38. The highest BCUT2D eigenvalue weighted by molar-refractivity contribution is 6.06. The fraction of sp³-hybridized carbons (Fsp3) is 0.412. The van der Waals surface area contributed by atoms with Crippen LogP contribution in [0.5, 0.6) is 0 Å². The van der Waals surface area contributed by atoms with Crippen molar-refractivity contribution >= 4 is 22.7 Å². The van der Waals surface area contributed by atoms with Gasteiger partial charge in [0.2, 0.25) is 0 Å². The molecule has 0 fully saturated rings. The van der Waals surface area contributed by atoms with Gasteiger partial charge in [0.1, 0.15) is 0 Å². The average molecular weight is 301 g/mol. The van der Waals surface area contributed by atoms with Gasteiger partial charge in [0.15, 0.2) is 11.9 Å². The van der Waals surface area contributed by atoms with Crippen molar-refractivity contribution in [3.63, 3.8) is 0 Å². The van der Waals surface area contributed by atoms with Crippen LogP contribution in [0.1, 0.15) is 35.0 Å². The Kier molecular flexibility index (Phi) is 3.74. The Labute approximate surface area is 128 Å². The van der Waals surface area contributed by atoms with Gasteiger partial charge in [-0.2, -0.15) is 0 Å². The van der Waals surface area contributed by atoms with Crippen molar-refractivity contribution in [3.05, 3.63) is 35.0 Å². The number of hydrogen-bond acceptors (Lipinski definition) is 4. The molecule has 2 aromatic rings. The molecule has 5 nitrogen and oxygen atoms in total. The summed E-state index contributed by atoms with van der Waals surface area (Å²) in [5.74, 6) is -1.67. The maximum Gasteiger partial charge on any atom is 0.335 e. The number of rotatable bonds is 3. The molecule has 1 aliphatic carbocycles. The van der Waals surface area contributed by atoms with E-state index >= 15 is 0 Å². The average Bonchev–Trinajstić information content (AvgIpc) is 2.86. The van der Waals surface area contributed by atoms with Crippen LogP contribution in [0, 0.1) is 12.8 Å². The molecule has 0 unspecified atom stereocenters. The summed E-state index contributed by atoms with van der Waals surface area (Å²) >= 11 is 0. The Morgan fingerprint density at radius 1 is 1.50 bits per heavy atom. The van der Waals surface area contributed by atoms with Crippen molar-refractivity contribution in [1.29, 1.82) is 0 Å². The molecule has 1 aromatic heterocycles. The van der Waals surface area contributed by atoms with E-state index in [-0.39, 0.29) is 12.4 Å². The number of esters is 1. The van der Waals surface area contributed by atoms with Crippen molar-refractivity contribution in [2.75, 3.05) is 6.61 Å². The summed E-state index contributed by atoms with van der Waals surface area (Å²) in [6, 6.07) is 5.99. The molecule has 0 amide bonds. The lowest BCUT2D eigenvalue weighted by molar-refractivity contribution is -0.155. The van der Waals surface area contributed by atoms with E-state index < -0.39 is 18.0 Å². The van der Waals surface area contributed by atoms with Crippen LogP contribution in [-0.2, 0) is 16.0 Å². The summed E-state index contributed by atoms with van der Waals surface area (Å²) in [6.07, 6.45) is -0.285. The summed E-state index contributed by atoms with van der Waals surface area (Å²) in [4.78, 5) is 27.4. The zero-order chi connectivity index (χ0) is 15.9. The lowest BCUT2D eigenvalue weighted by atomic mass is 9.82. The zero-order valence-corrected chi connectivity index (χ0v) is 12.7. The number of aromatic amines is 1. The molecule has 0 aliphatic heterocycles. The normalized spacial score (nSPS) is 19.0. The van der Waals surface area contributed by atoms with Crippen LogP contribution < -0.4 is 0 Å². The van der Waals surface area contributed by atoms with Crippen LogP contribution >= 0.6 is 0 Å². The number of aryl methyl sites for hydroxylation is 2. The van der Waals surface area contributed by atoms with Crippen LogP contribution in [-0.4, -0.2) is 34.6 Å². The largest absolute Gasteiger partial charge is 0.464 e. The standard InChI is InChI=1S/C17H19NO4/c1-3-22-17(21)16(20)11-6-5-10-12-8-9(2)4-7-13(12)18-14(10)15(11)19/h4,7-8,11,16,18,20H,3,5-6H2,1-2H3/t11-,16+/m0/s1. The molecule has 0 bridgehead atoms. The molecule has 1 heterocycles. The maximum absolute atomic E-state index is 12.6. The number of ether oxygens (including phenoxy) is 1. The first-order chi connectivity index (χ1) is 10.5. The minimum Gasteiger partial charge on any atom is -0.464 e. The molecule has 1 aromatic carbocycles. The van der Waals surface area contributed by atoms with Gasteiger partial charge in [-0.25, -0.2) is 4.79 Å². The third-order valence-corrected chi connectivity index (χ3v) is 4.26. The molecule has 2 N–H and O–H groups in total. The Morgan fingerprint density at radius 3 is 3.00 bits per heavy atom. The monoisotopic (exact) mass is 301 g/mol. The number of aromatic nitrogens is 1. The second-order valence-corrected chi connectivity index (χ2v) is 5.73. The first-order valence-electron chi connectivity index (χ1n) is 7.53. The minimum absolute atomic E-state index is 0.188. The lowest BCUT2D eigenvalue weighted by Gasteiger charge is -2.24. The molecule has 2 atom stereocenters. The van der Waals surface area contributed by atoms with E-state index in [9.17, 15) is 14.7 Å². The van der Waals surface area contributed by atoms with E-state index in [0.29, 0.717) is 18.5 Å². The highest BCUT2D eigenvalue weighted by Gasteiger charge is 2.38. The van der Waals surface area contributed by atoms with Crippen LogP contribution in [0.4, 0.5) is 0 Å². The Hall–Kier alpha value is -2.14. The van der Waals surface area contributed by atoms with Crippen molar-refractivity contribution in [3.8, 4) is 0 Å². The molecular formula is C17H19NO4. The van der Waals surface area contributed by atoms with Crippen LogP contribution in [0.2, 0.25) is 0 Å². The van der Waals surface area contributed by atoms with Gasteiger partial charge in [-0.05, 0) is 44.4 Å². The second-order valence-electron chi connectivity index (χ2n) is 5.73. The molecule has 3 rings (SSSR count). The quantitative estimate of drug-likeness (QED) is 0.851. The van der Waals surface area contributed by atoms with Gasteiger partial charge in [-0.15, -0.1) is 0 Å². The number of carbonyl (C=O) groups excluding carboxylic acids is 2. The number of Topliss-reactive ketones (excluding diaryl/α,β-unsaturated/α-hetero) is 1. The predicted octanol–water partition coefficient (Wildman–Crippen LogP) is 2.15. The fourth-order valence-electron chi connectivity index (χ4n) is 3.14. The van der Waals surface area contributed by atoms with E-state index in [1.807, 2.05) is 19.1 Å². The SMILES string of the molecule is CCOC(=O)[C@H](O)[C@H]1CCc2c([nH]c3ccc(C)cc23)C1=O. The Balaban J connectivity index is 1.96. The molecule has 0 saturated heterocycles. The van der Waals surface area contributed by atoms with E-state index in [2.05, 4.69) is 11.1 Å². The zero-order valence-electron chi connectivity index (χ0n) is 12.7. The number of aliphatic hydroxyl groups excluding tert-OH is 1. The van der Waals surface area contributed by atoms with Gasteiger partial charge >= 0.3 is 5.97 Å². The molecule has 22 heavy (non-hydrogen) atoms. The van der Waals surface area contributed by atoms with Crippen LogP contribution in [0.3, 0.4) is 0 Å². The van der Waals surface area contributed by atoms with Gasteiger partial charge in [0.25, 0.3) is 0 Å². The number of aliphatic hydroxyl groups is 1. The smallest absolute Gasteiger partial charge is 0.335 e. The van der Waals surface area contributed by atoms with Crippen molar-refractivity contribution < 1.29 is 19.4 Å². The second kappa shape index (κ2) is 5.57. The van der Waals surface area contributed by atoms with E-state index in [0.717, 1.165) is 22.0 Å². The number of ketones is 1. The number of benzene rings is 1. The van der Waals surface area contributed by atoms with Crippen molar-refractivity contribution in [1.82, 2.24) is 4.98 Å². The highest BCUT2D eigenvalue weighted by Crippen LogP contribution is 2.33.